The Hall–Kier alpha value is -1.80. The van der Waals surface area contributed by atoms with Crippen LogP contribution in [0.4, 0.5) is 10.2 Å². The van der Waals surface area contributed by atoms with Crippen LogP contribution in [0.25, 0.3) is 11.2 Å². The first kappa shape index (κ1) is 11.1. The van der Waals surface area contributed by atoms with Gasteiger partial charge in [0.2, 0.25) is 0 Å². The number of halogens is 1. The number of nitrogen functional groups attached to an aromatic ring is 1. The molecule has 3 heterocycles. The first-order valence-corrected chi connectivity index (χ1v) is 6.11. The average Bonchev–Trinajstić information content (AvgIpc) is 2.91. The molecule has 19 heavy (non-hydrogen) atoms. The second kappa shape index (κ2) is 3.61. The van der Waals surface area contributed by atoms with Crippen molar-refractivity contribution in [1.29, 1.82) is 0 Å². The minimum atomic E-state index is -0.864. The van der Waals surface area contributed by atoms with E-state index >= 15 is 0 Å². The molecule has 2 aliphatic rings. The van der Waals surface area contributed by atoms with E-state index in [1.807, 2.05) is 0 Å². The van der Waals surface area contributed by atoms with Crippen LogP contribution in [0.3, 0.4) is 0 Å². The summed E-state index contributed by atoms with van der Waals surface area (Å²) in [6.07, 6.45) is 1.63. The predicted octanol–water partition coefficient (Wildman–Crippen LogP) is -0.132. The second-order valence-electron chi connectivity index (χ2n) is 5.01. The fraction of sp³-hybridized carbons (Fsp3) is 0.545. The highest BCUT2D eigenvalue weighted by Gasteiger charge is 2.57. The number of hydrogen-bond donors (Lipinski definition) is 2. The molecular weight excluding hydrogens is 253 g/mol. The van der Waals surface area contributed by atoms with Gasteiger partial charge in [0.15, 0.2) is 11.5 Å². The molecule has 1 aliphatic heterocycles. The molecule has 1 saturated heterocycles. The van der Waals surface area contributed by atoms with E-state index in [1.165, 1.54) is 0 Å². The third kappa shape index (κ3) is 1.47. The van der Waals surface area contributed by atoms with Gasteiger partial charge in [0.1, 0.15) is 11.6 Å². The molecule has 0 aromatic carbocycles. The molecule has 8 heteroatoms. The van der Waals surface area contributed by atoms with E-state index in [9.17, 15) is 9.50 Å². The Kier molecular flexibility index (Phi) is 2.10. The molecule has 1 saturated carbocycles. The van der Waals surface area contributed by atoms with Crippen molar-refractivity contribution in [3.05, 3.63) is 12.4 Å². The first-order valence-electron chi connectivity index (χ1n) is 6.11. The SMILES string of the molecule is Nc1nc(F)nc2c1ncn2[C@@H]1C[C@H](CO)[C@@H]2O[C@@H]21. The van der Waals surface area contributed by atoms with Crippen LogP contribution in [-0.2, 0) is 4.74 Å². The van der Waals surface area contributed by atoms with Gasteiger partial charge in [-0.3, -0.25) is 0 Å². The summed E-state index contributed by atoms with van der Waals surface area (Å²) in [6.45, 7) is 0.0930. The molecule has 0 amide bonds. The molecule has 2 fully saturated rings. The normalized spacial score (nSPS) is 32.7. The number of epoxide rings is 1. The quantitative estimate of drug-likeness (QED) is 0.579. The zero-order valence-corrected chi connectivity index (χ0v) is 9.90. The van der Waals surface area contributed by atoms with Crippen LogP contribution >= 0.6 is 0 Å². The van der Waals surface area contributed by atoms with Gasteiger partial charge in [-0.2, -0.15) is 14.4 Å². The molecule has 4 atom stereocenters. The number of anilines is 1. The Morgan fingerprint density at radius 3 is 3.05 bits per heavy atom. The fourth-order valence-electron chi connectivity index (χ4n) is 3.01. The van der Waals surface area contributed by atoms with E-state index in [1.54, 1.807) is 10.9 Å². The number of nitrogens with zero attached hydrogens (tertiary/aromatic N) is 4. The van der Waals surface area contributed by atoms with Crippen LogP contribution in [0.1, 0.15) is 12.5 Å². The van der Waals surface area contributed by atoms with Crippen molar-refractivity contribution < 1.29 is 14.2 Å². The number of nitrogens with two attached hydrogens (primary N) is 1. The largest absolute Gasteiger partial charge is 0.396 e. The molecule has 2 aromatic heterocycles. The molecule has 0 bridgehead atoms. The molecule has 0 spiro atoms. The van der Waals surface area contributed by atoms with Gasteiger partial charge in [0, 0.05) is 12.5 Å². The summed E-state index contributed by atoms with van der Waals surface area (Å²) in [4.78, 5) is 11.4. The van der Waals surface area contributed by atoms with Gasteiger partial charge in [0.25, 0.3) is 0 Å². The van der Waals surface area contributed by atoms with Crippen LogP contribution in [-0.4, -0.2) is 43.4 Å². The Labute approximate surface area is 107 Å². The molecule has 0 unspecified atom stereocenters. The molecule has 100 valence electrons. The van der Waals surface area contributed by atoms with Crippen LogP contribution in [0, 0.1) is 12.0 Å². The van der Waals surface area contributed by atoms with Crippen molar-refractivity contribution in [2.45, 2.75) is 24.7 Å². The number of aromatic nitrogens is 4. The van der Waals surface area contributed by atoms with Gasteiger partial charge in [-0.15, -0.1) is 0 Å². The van der Waals surface area contributed by atoms with Crippen LogP contribution < -0.4 is 5.73 Å². The van der Waals surface area contributed by atoms with Crippen molar-refractivity contribution in [3.63, 3.8) is 0 Å². The zero-order chi connectivity index (χ0) is 13.1. The summed E-state index contributed by atoms with van der Waals surface area (Å²) in [5.41, 5.74) is 6.40. The fourth-order valence-corrected chi connectivity index (χ4v) is 3.01. The lowest BCUT2D eigenvalue weighted by Gasteiger charge is -2.15. The molecule has 1 aliphatic carbocycles. The highest BCUT2D eigenvalue weighted by molar-refractivity contribution is 5.81. The average molecular weight is 265 g/mol. The molecule has 0 radical (unpaired) electrons. The summed E-state index contributed by atoms with van der Waals surface area (Å²) in [5.74, 6) is 0.155. The Morgan fingerprint density at radius 1 is 1.47 bits per heavy atom. The van der Waals surface area contributed by atoms with E-state index in [-0.39, 0.29) is 36.6 Å². The van der Waals surface area contributed by atoms with Crippen molar-refractivity contribution in [2.24, 2.45) is 5.92 Å². The molecular formula is C11H12FN5O2. The molecule has 4 rings (SSSR count). The number of rotatable bonds is 2. The topological polar surface area (TPSA) is 102 Å². The Bertz CT molecular complexity index is 660. The van der Waals surface area contributed by atoms with Gasteiger partial charge in [-0.25, -0.2) is 4.98 Å². The lowest BCUT2D eigenvalue weighted by atomic mass is 10.1. The molecule has 2 aromatic rings. The highest BCUT2D eigenvalue weighted by atomic mass is 19.1. The standard InChI is InChI=1S/C11H12FN5O2/c12-11-15-9(13)6-10(16-11)17(3-14-6)5-1-4(2-18)7-8(5)19-7/h3-5,7-8,18H,1-2H2,(H2,13,15,16)/t4-,5-,7+,8-/m1/s1. The van der Waals surface area contributed by atoms with E-state index < -0.39 is 6.08 Å². The number of aliphatic hydroxyl groups excluding tert-OH is 1. The monoisotopic (exact) mass is 265 g/mol. The maximum absolute atomic E-state index is 13.3. The van der Waals surface area contributed by atoms with Gasteiger partial charge in [0.05, 0.1) is 18.5 Å². The van der Waals surface area contributed by atoms with Crippen LogP contribution in [0.5, 0.6) is 0 Å². The minimum absolute atomic E-state index is 0.0147. The van der Waals surface area contributed by atoms with E-state index in [0.717, 1.165) is 6.42 Å². The number of ether oxygens (including phenoxy) is 1. The van der Waals surface area contributed by atoms with Crippen molar-refractivity contribution in [1.82, 2.24) is 19.5 Å². The lowest BCUT2D eigenvalue weighted by Crippen LogP contribution is -2.14. The van der Waals surface area contributed by atoms with Gasteiger partial charge < -0.3 is 20.1 Å². The summed E-state index contributed by atoms with van der Waals surface area (Å²) in [6, 6.07) is 0.0147. The Morgan fingerprint density at radius 2 is 2.32 bits per heavy atom. The van der Waals surface area contributed by atoms with Crippen LogP contribution in [0.15, 0.2) is 6.33 Å². The Balaban J connectivity index is 1.80. The zero-order valence-electron chi connectivity index (χ0n) is 9.90. The van der Waals surface area contributed by atoms with Crippen molar-refractivity contribution in [3.8, 4) is 0 Å². The molecule has 7 nitrogen and oxygen atoms in total. The summed E-state index contributed by atoms with van der Waals surface area (Å²) < 4.78 is 20.6. The predicted molar refractivity (Wildman–Crippen MR) is 62.6 cm³/mol. The van der Waals surface area contributed by atoms with Crippen LogP contribution in [0.2, 0.25) is 0 Å². The number of aliphatic hydroxyl groups is 1. The lowest BCUT2D eigenvalue weighted by molar-refractivity contribution is 0.154. The first-order chi connectivity index (χ1) is 9.19. The van der Waals surface area contributed by atoms with Gasteiger partial charge in [-0.05, 0) is 6.42 Å². The van der Waals surface area contributed by atoms with E-state index in [2.05, 4.69) is 15.0 Å². The van der Waals surface area contributed by atoms with Gasteiger partial charge >= 0.3 is 6.08 Å². The number of fused-ring (bicyclic) bond motifs is 2. The summed E-state index contributed by atoms with van der Waals surface area (Å²) >= 11 is 0. The third-order valence-corrected chi connectivity index (χ3v) is 3.96. The minimum Gasteiger partial charge on any atom is -0.396 e. The smallest absolute Gasteiger partial charge is 0.312 e. The maximum Gasteiger partial charge on any atom is 0.312 e. The number of hydrogen-bond acceptors (Lipinski definition) is 6. The molecule has 3 N–H and O–H groups in total. The third-order valence-electron chi connectivity index (χ3n) is 3.96. The second-order valence-corrected chi connectivity index (χ2v) is 5.01. The maximum atomic E-state index is 13.3. The van der Waals surface area contributed by atoms with Crippen molar-refractivity contribution >= 4 is 17.0 Å². The van der Waals surface area contributed by atoms with E-state index in [4.69, 9.17) is 10.5 Å². The van der Waals surface area contributed by atoms with Gasteiger partial charge in [-0.1, -0.05) is 0 Å². The summed E-state index contributed by atoms with van der Waals surface area (Å²) in [7, 11) is 0. The van der Waals surface area contributed by atoms with E-state index in [0.29, 0.717) is 11.2 Å². The number of imidazole rings is 1. The van der Waals surface area contributed by atoms with Crippen molar-refractivity contribution in [2.75, 3.05) is 12.3 Å². The summed E-state index contributed by atoms with van der Waals surface area (Å²) in [5, 5.41) is 9.27. The highest BCUT2D eigenvalue weighted by Crippen LogP contribution is 2.49.